The second-order valence-corrected chi connectivity index (χ2v) is 6.96. The Bertz CT molecular complexity index is 1220. The van der Waals surface area contributed by atoms with E-state index in [0.29, 0.717) is 47.4 Å². The minimum Gasteiger partial charge on any atom is -0.497 e. The smallest absolute Gasteiger partial charge is 0.280 e. The summed E-state index contributed by atoms with van der Waals surface area (Å²) in [7, 11) is 4.91. The largest absolute Gasteiger partial charge is 0.497 e. The molecule has 0 aliphatic heterocycles. The number of benzene rings is 2. The highest BCUT2D eigenvalue weighted by Crippen LogP contribution is 2.31. The van der Waals surface area contributed by atoms with Gasteiger partial charge in [-0.25, -0.2) is 14.3 Å². The molecule has 3 N–H and O–H groups in total. The van der Waals surface area contributed by atoms with E-state index in [1.54, 1.807) is 36.7 Å². The Labute approximate surface area is 178 Å². The second-order valence-electron chi connectivity index (χ2n) is 6.96. The molecule has 0 amide bonds. The van der Waals surface area contributed by atoms with Crippen molar-refractivity contribution in [2.24, 2.45) is 0 Å². The van der Waals surface area contributed by atoms with Crippen LogP contribution in [0.3, 0.4) is 0 Å². The first-order valence-corrected chi connectivity index (χ1v) is 9.94. The zero-order valence-electron chi connectivity index (χ0n) is 17.7. The zero-order valence-corrected chi connectivity index (χ0v) is 17.7. The SMILES string of the molecule is CNc1c(-c2nc3ccccc3[nH]2)c(=O)n(CCCO)n1-c1cc(OC)cc(OC)c1. The summed E-state index contributed by atoms with van der Waals surface area (Å²) in [6.45, 7) is 0.289. The first-order chi connectivity index (χ1) is 15.1. The predicted octanol–water partition coefficient (Wildman–Crippen LogP) is 2.62. The Morgan fingerprint density at radius 1 is 1.13 bits per heavy atom. The number of aliphatic hydroxyl groups is 1. The Morgan fingerprint density at radius 3 is 2.45 bits per heavy atom. The molecule has 0 saturated heterocycles. The molecule has 0 saturated carbocycles. The van der Waals surface area contributed by atoms with Gasteiger partial charge in [-0.05, 0) is 18.6 Å². The Kier molecular flexibility index (Phi) is 5.68. The average Bonchev–Trinajstić information content (AvgIpc) is 3.35. The van der Waals surface area contributed by atoms with E-state index in [4.69, 9.17) is 9.47 Å². The third kappa shape index (κ3) is 3.64. The molecule has 9 nitrogen and oxygen atoms in total. The first kappa shape index (κ1) is 20.5. The van der Waals surface area contributed by atoms with Gasteiger partial charge in [0.1, 0.15) is 28.7 Å². The van der Waals surface area contributed by atoms with E-state index in [1.165, 1.54) is 0 Å². The molecule has 0 spiro atoms. The van der Waals surface area contributed by atoms with Crippen LogP contribution < -0.4 is 20.3 Å². The molecule has 2 aromatic heterocycles. The van der Waals surface area contributed by atoms with Crippen LogP contribution in [-0.2, 0) is 6.54 Å². The second kappa shape index (κ2) is 8.57. The number of anilines is 1. The molecule has 9 heteroatoms. The highest BCUT2D eigenvalue weighted by molar-refractivity contribution is 5.82. The van der Waals surface area contributed by atoms with Gasteiger partial charge in [0, 0.05) is 38.4 Å². The van der Waals surface area contributed by atoms with E-state index < -0.39 is 0 Å². The van der Waals surface area contributed by atoms with Crippen molar-refractivity contribution in [3.8, 4) is 28.6 Å². The van der Waals surface area contributed by atoms with E-state index in [-0.39, 0.29) is 12.2 Å². The van der Waals surface area contributed by atoms with Crippen LogP contribution in [0, 0.1) is 0 Å². The zero-order chi connectivity index (χ0) is 22.0. The number of fused-ring (bicyclic) bond motifs is 1. The van der Waals surface area contributed by atoms with Crippen LogP contribution >= 0.6 is 0 Å². The van der Waals surface area contributed by atoms with Crippen molar-refractivity contribution in [3.05, 3.63) is 52.8 Å². The lowest BCUT2D eigenvalue weighted by atomic mass is 10.2. The quantitative estimate of drug-likeness (QED) is 0.402. The lowest BCUT2D eigenvalue weighted by Gasteiger charge is -2.16. The first-order valence-electron chi connectivity index (χ1n) is 9.94. The van der Waals surface area contributed by atoms with E-state index >= 15 is 0 Å². The van der Waals surface area contributed by atoms with E-state index in [0.717, 1.165) is 11.0 Å². The lowest BCUT2D eigenvalue weighted by molar-refractivity contribution is 0.274. The summed E-state index contributed by atoms with van der Waals surface area (Å²) < 4.78 is 14.2. The van der Waals surface area contributed by atoms with E-state index in [2.05, 4.69) is 15.3 Å². The Morgan fingerprint density at radius 2 is 1.84 bits per heavy atom. The van der Waals surface area contributed by atoms with Crippen LogP contribution in [0.1, 0.15) is 6.42 Å². The highest BCUT2D eigenvalue weighted by Gasteiger charge is 2.24. The number of imidazole rings is 1. The van der Waals surface area contributed by atoms with Crippen LogP contribution in [-0.4, -0.2) is 52.3 Å². The number of ether oxygens (including phenoxy) is 2. The van der Waals surface area contributed by atoms with Crippen molar-refractivity contribution in [2.45, 2.75) is 13.0 Å². The van der Waals surface area contributed by atoms with Gasteiger partial charge < -0.3 is 24.9 Å². The Hall–Kier alpha value is -3.72. The van der Waals surface area contributed by atoms with Gasteiger partial charge in [-0.15, -0.1) is 0 Å². The van der Waals surface area contributed by atoms with Crippen molar-refractivity contribution in [3.63, 3.8) is 0 Å². The summed E-state index contributed by atoms with van der Waals surface area (Å²) in [5, 5.41) is 12.5. The molecule has 4 rings (SSSR count). The van der Waals surface area contributed by atoms with Gasteiger partial charge >= 0.3 is 0 Å². The van der Waals surface area contributed by atoms with Gasteiger partial charge in [-0.2, -0.15) is 0 Å². The minimum atomic E-state index is -0.223. The van der Waals surface area contributed by atoms with Crippen molar-refractivity contribution in [2.75, 3.05) is 33.2 Å². The third-order valence-corrected chi connectivity index (χ3v) is 5.11. The number of rotatable bonds is 8. The van der Waals surface area contributed by atoms with Crippen molar-refractivity contribution in [1.29, 1.82) is 0 Å². The van der Waals surface area contributed by atoms with Crippen LogP contribution in [0.4, 0.5) is 5.82 Å². The molecular weight excluding hydrogens is 398 g/mol. The number of nitrogens with one attached hydrogen (secondary N) is 2. The molecule has 0 fully saturated rings. The van der Waals surface area contributed by atoms with E-state index in [1.807, 2.05) is 36.4 Å². The number of hydrogen-bond donors (Lipinski definition) is 3. The predicted molar refractivity (Wildman–Crippen MR) is 119 cm³/mol. The number of H-pyrrole nitrogens is 1. The summed E-state index contributed by atoms with van der Waals surface area (Å²) in [6.07, 6.45) is 0.424. The van der Waals surface area contributed by atoms with Gasteiger partial charge in [0.25, 0.3) is 5.56 Å². The lowest BCUT2D eigenvalue weighted by Crippen LogP contribution is -2.24. The number of hydrogen-bond acceptors (Lipinski definition) is 6. The van der Waals surface area contributed by atoms with Crippen LogP contribution in [0.25, 0.3) is 28.1 Å². The maximum atomic E-state index is 13.5. The molecule has 2 heterocycles. The number of aliphatic hydroxyl groups excluding tert-OH is 1. The van der Waals surface area contributed by atoms with Crippen molar-refractivity contribution in [1.82, 2.24) is 19.3 Å². The van der Waals surface area contributed by atoms with Gasteiger partial charge in [0.15, 0.2) is 0 Å². The highest BCUT2D eigenvalue weighted by atomic mass is 16.5. The van der Waals surface area contributed by atoms with Crippen LogP contribution in [0.2, 0.25) is 0 Å². The fourth-order valence-corrected chi connectivity index (χ4v) is 3.67. The van der Waals surface area contributed by atoms with Crippen LogP contribution in [0.15, 0.2) is 47.3 Å². The number of aromatic amines is 1. The fraction of sp³-hybridized carbons (Fsp3) is 0.273. The summed E-state index contributed by atoms with van der Waals surface area (Å²) >= 11 is 0. The number of methoxy groups -OCH3 is 2. The average molecular weight is 423 g/mol. The molecule has 0 radical (unpaired) electrons. The molecule has 31 heavy (non-hydrogen) atoms. The van der Waals surface area contributed by atoms with Gasteiger partial charge in [0.2, 0.25) is 0 Å². The number of para-hydroxylation sites is 2. The summed E-state index contributed by atoms with van der Waals surface area (Å²) in [5.41, 5.74) is 2.49. The Balaban J connectivity index is 2.00. The monoisotopic (exact) mass is 423 g/mol. The molecule has 0 aliphatic carbocycles. The summed E-state index contributed by atoms with van der Waals surface area (Å²) in [6, 6.07) is 13.0. The topological polar surface area (TPSA) is 106 Å². The maximum Gasteiger partial charge on any atom is 0.280 e. The molecule has 0 aliphatic rings. The number of aromatic nitrogens is 4. The van der Waals surface area contributed by atoms with Gasteiger partial charge in [0.05, 0.1) is 30.9 Å². The molecule has 2 aromatic carbocycles. The fourth-order valence-electron chi connectivity index (χ4n) is 3.67. The third-order valence-electron chi connectivity index (χ3n) is 5.11. The maximum absolute atomic E-state index is 13.5. The standard InChI is InChI=1S/C22H25N5O4/c1-23-21-19(20-24-17-7-4-5-8-18(17)25-20)22(29)26(9-6-10-28)27(21)14-11-15(30-2)13-16(12-14)31-3/h4-5,7-8,11-13,23,28H,6,9-10H2,1-3H3,(H,24,25). The normalized spacial score (nSPS) is 11.1. The molecule has 0 unspecified atom stereocenters. The van der Waals surface area contributed by atoms with Crippen molar-refractivity contribution >= 4 is 16.9 Å². The van der Waals surface area contributed by atoms with E-state index in [9.17, 15) is 9.90 Å². The van der Waals surface area contributed by atoms with Gasteiger partial charge in [-0.3, -0.25) is 4.79 Å². The number of nitrogens with zero attached hydrogens (tertiary/aromatic N) is 3. The molecule has 0 bridgehead atoms. The van der Waals surface area contributed by atoms with Crippen LogP contribution in [0.5, 0.6) is 11.5 Å². The minimum absolute atomic E-state index is 0.0338. The summed E-state index contributed by atoms with van der Waals surface area (Å²) in [5.74, 6) is 2.23. The summed E-state index contributed by atoms with van der Waals surface area (Å²) in [4.78, 5) is 21.4. The van der Waals surface area contributed by atoms with Gasteiger partial charge in [-0.1, -0.05) is 12.1 Å². The molecule has 4 aromatic rings. The van der Waals surface area contributed by atoms with Crippen molar-refractivity contribution < 1.29 is 14.6 Å². The molecule has 162 valence electrons. The molecular formula is C22H25N5O4. The molecule has 0 atom stereocenters.